The highest BCUT2D eigenvalue weighted by Crippen LogP contribution is 2.53. The van der Waals surface area contributed by atoms with E-state index in [0.717, 1.165) is 74.8 Å². The van der Waals surface area contributed by atoms with E-state index in [1.54, 1.807) is 0 Å². The summed E-state index contributed by atoms with van der Waals surface area (Å²) in [5, 5.41) is 0.730. The molecule has 0 radical (unpaired) electrons. The highest BCUT2D eigenvalue weighted by molar-refractivity contribution is 6.30. The van der Waals surface area contributed by atoms with Gasteiger partial charge in [0.2, 0.25) is 5.91 Å². The second-order valence-corrected chi connectivity index (χ2v) is 9.19. The fraction of sp³-hybridized carbons (Fsp3) is 0.682. The van der Waals surface area contributed by atoms with Gasteiger partial charge in [-0.1, -0.05) is 11.6 Å². The molecule has 3 saturated heterocycles. The zero-order chi connectivity index (χ0) is 19.1. The number of halogens is 1. The van der Waals surface area contributed by atoms with Crippen molar-refractivity contribution in [2.75, 3.05) is 39.3 Å². The predicted molar refractivity (Wildman–Crippen MR) is 108 cm³/mol. The number of hydrogen-bond acceptors (Lipinski definition) is 4. The predicted octanol–water partition coefficient (Wildman–Crippen LogP) is 3.66. The Labute approximate surface area is 171 Å². The van der Waals surface area contributed by atoms with E-state index in [1.165, 1.54) is 12.8 Å². The topological polar surface area (TPSA) is 42.0 Å². The van der Waals surface area contributed by atoms with E-state index in [1.807, 2.05) is 23.1 Å². The number of hydrogen-bond donors (Lipinski definition) is 0. The first-order valence-electron chi connectivity index (χ1n) is 10.7. The molecule has 1 aromatic carbocycles. The van der Waals surface area contributed by atoms with Gasteiger partial charge in [0.15, 0.2) is 0 Å². The lowest BCUT2D eigenvalue weighted by Crippen LogP contribution is -2.58. The number of benzene rings is 1. The highest BCUT2D eigenvalue weighted by Gasteiger charge is 2.52. The summed E-state index contributed by atoms with van der Waals surface area (Å²) in [6, 6.07) is 5.88. The lowest BCUT2D eigenvalue weighted by Gasteiger charge is -2.53. The molecule has 1 spiro atoms. The SMILES string of the molecule is O=C(CN1CCCC1)N1CCC2(CC1)Oc1ccc(Cl)cc1[C@H]1OCCC[C@@H]12. The van der Waals surface area contributed by atoms with Gasteiger partial charge >= 0.3 is 0 Å². The molecule has 1 aromatic rings. The Hall–Kier alpha value is -1.30. The summed E-state index contributed by atoms with van der Waals surface area (Å²) >= 11 is 6.25. The average molecular weight is 405 g/mol. The Kier molecular flexibility index (Phi) is 5.02. The van der Waals surface area contributed by atoms with E-state index < -0.39 is 0 Å². The number of carbonyl (C=O) groups is 1. The molecule has 28 heavy (non-hydrogen) atoms. The van der Waals surface area contributed by atoms with Gasteiger partial charge in [0, 0.05) is 49.0 Å². The van der Waals surface area contributed by atoms with Crippen molar-refractivity contribution < 1.29 is 14.3 Å². The van der Waals surface area contributed by atoms with Crippen molar-refractivity contribution >= 4 is 17.5 Å². The third-order valence-corrected chi connectivity index (χ3v) is 7.34. The maximum atomic E-state index is 12.7. The second kappa shape index (κ2) is 7.51. The van der Waals surface area contributed by atoms with Crippen molar-refractivity contribution in [3.05, 3.63) is 28.8 Å². The fourth-order valence-corrected chi connectivity index (χ4v) is 5.78. The van der Waals surface area contributed by atoms with Crippen LogP contribution in [0.15, 0.2) is 18.2 Å². The van der Waals surface area contributed by atoms with Crippen molar-refractivity contribution in [2.24, 2.45) is 5.92 Å². The number of likely N-dealkylation sites (tertiary alicyclic amines) is 2. The highest BCUT2D eigenvalue weighted by atomic mass is 35.5. The molecule has 4 heterocycles. The molecule has 4 aliphatic rings. The Balaban J connectivity index is 1.32. The standard InChI is InChI=1S/C22H29ClN2O3/c23-16-5-6-19-17(14-16)21-18(4-3-13-27-21)22(28-19)7-11-25(12-8-22)20(26)15-24-9-1-2-10-24/h5-6,14,18,21H,1-4,7-13,15H2/t18-,21+/m0/s1. The van der Waals surface area contributed by atoms with E-state index in [9.17, 15) is 4.79 Å². The van der Waals surface area contributed by atoms with E-state index in [-0.39, 0.29) is 17.6 Å². The summed E-state index contributed by atoms with van der Waals surface area (Å²) in [4.78, 5) is 17.1. The van der Waals surface area contributed by atoms with Crippen molar-refractivity contribution in [1.82, 2.24) is 9.80 Å². The Morgan fingerprint density at radius 1 is 1.14 bits per heavy atom. The van der Waals surface area contributed by atoms with Crippen molar-refractivity contribution in [3.8, 4) is 5.75 Å². The van der Waals surface area contributed by atoms with Gasteiger partial charge in [0.1, 0.15) is 11.4 Å². The molecular formula is C22H29ClN2O3. The van der Waals surface area contributed by atoms with Crippen LogP contribution in [0.2, 0.25) is 5.02 Å². The third kappa shape index (κ3) is 3.31. The Bertz CT molecular complexity index is 741. The zero-order valence-corrected chi connectivity index (χ0v) is 17.1. The van der Waals surface area contributed by atoms with Gasteiger partial charge in [-0.25, -0.2) is 0 Å². The van der Waals surface area contributed by atoms with Crippen LogP contribution in [0, 0.1) is 5.92 Å². The van der Waals surface area contributed by atoms with Gasteiger partial charge in [-0.05, 0) is 57.0 Å². The molecule has 0 N–H and O–H groups in total. The summed E-state index contributed by atoms with van der Waals surface area (Å²) in [7, 11) is 0. The van der Waals surface area contributed by atoms with Gasteiger partial charge in [0.05, 0.1) is 12.6 Å². The molecule has 0 saturated carbocycles. The number of fused-ring (bicyclic) bond motifs is 4. The second-order valence-electron chi connectivity index (χ2n) is 8.75. The summed E-state index contributed by atoms with van der Waals surface area (Å²) in [5.41, 5.74) is 0.867. The molecule has 3 fully saturated rings. The summed E-state index contributed by atoms with van der Waals surface area (Å²) in [6.45, 7) is 5.05. The van der Waals surface area contributed by atoms with Gasteiger partial charge in [-0.2, -0.15) is 0 Å². The van der Waals surface area contributed by atoms with Crippen LogP contribution in [0.4, 0.5) is 0 Å². The van der Waals surface area contributed by atoms with Crippen molar-refractivity contribution in [1.29, 1.82) is 0 Å². The van der Waals surface area contributed by atoms with E-state index in [2.05, 4.69) is 4.90 Å². The molecule has 5 rings (SSSR count). The molecule has 0 bridgehead atoms. The fourth-order valence-electron chi connectivity index (χ4n) is 5.60. The molecule has 0 aliphatic carbocycles. The zero-order valence-electron chi connectivity index (χ0n) is 16.4. The number of piperidine rings is 1. The molecule has 0 unspecified atom stereocenters. The van der Waals surface area contributed by atoms with Crippen LogP contribution in [0.3, 0.4) is 0 Å². The maximum Gasteiger partial charge on any atom is 0.236 e. The molecule has 6 heteroatoms. The van der Waals surface area contributed by atoms with Crippen LogP contribution in [0.1, 0.15) is 50.2 Å². The van der Waals surface area contributed by atoms with E-state index in [0.29, 0.717) is 12.5 Å². The lowest BCUT2D eigenvalue weighted by molar-refractivity contribution is -0.157. The first-order chi connectivity index (χ1) is 13.6. The normalized spacial score (nSPS) is 29.2. The van der Waals surface area contributed by atoms with Crippen molar-refractivity contribution in [2.45, 2.75) is 50.2 Å². The minimum atomic E-state index is -0.226. The van der Waals surface area contributed by atoms with E-state index >= 15 is 0 Å². The largest absolute Gasteiger partial charge is 0.486 e. The number of amides is 1. The Morgan fingerprint density at radius 2 is 1.93 bits per heavy atom. The molecule has 0 aromatic heterocycles. The van der Waals surface area contributed by atoms with Crippen LogP contribution in [0.25, 0.3) is 0 Å². The molecule has 152 valence electrons. The molecule has 5 nitrogen and oxygen atoms in total. The first kappa shape index (κ1) is 18.7. The van der Waals surface area contributed by atoms with Crippen LogP contribution in [-0.4, -0.2) is 60.6 Å². The smallest absolute Gasteiger partial charge is 0.236 e. The van der Waals surface area contributed by atoms with Crippen LogP contribution in [0.5, 0.6) is 5.75 Å². The summed E-state index contributed by atoms with van der Waals surface area (Å²) in [6.07, 6.45) is 6.44. The van der Waals surface area contributed by atoms with Gasteiger partial charge in [-0.15, -0.1) is 0 Å². The minimum absolute atomic E-state index is 0.0584. The van der Waals surface area contributed by atoms with Crippen LogP contribution >= 0.6 is 11.6 Å². The maximum absolute atomic E-state index is 12.7. The number of ether oxygens (including phenoxy) is 2. The lowest BCUT2D eigenvalue weighted by atomic mass is 9.70. The van der Waals surface area contributed by atoms with Gasteiger partial charge < -0.3 is 14.4 Å². The summed E-state index contributed by atoms with van der Waals surface area (Å²) in [5.74, 6) is 1.52. The number of carbonyl (C=O) groups excluding carboxylic acids is 1. The monoisotopic (exact) mass is 404 g/mol. The van der Waals surface area contributed by atoms with E-state index in [4.69, 9.17) is 21.1 Å². The van der Waals surface area contributed by atoms with Gasteiger partial charge in [-0.3, -0.25) is 9.69 Å². The first-order valence-corrected chi connectivity index (χ1v) is 11.1. The Morgan fingerprint density at radius 3 is 2.71 bits per heavy atom. The van der Waals surface area contributed by atoms with Crippen LogP contribution in [-0.2, 0) is 9.53 Å². The summed E-state index contributed by atoms with van der Waals surface area (Å²) < 4.78 is 12.9. The molecule has 1 amide bonds. The number of nitrogens with zero attached hydrogens (tertiary/aromatic N) is 2. The average Bonchev–Trinajstić information content (AvgIpc) is 3.22. The van der Waals surface area contributed by atoms with Crippen LogP contribution < -0.4 is 4.74 Å². The minimum Gasteiger partial charge on any atom is -0.486 e. The van der Waals surface area contributed by atoms with Crippen molar-refractivity contribution in [3.63, 3.8) is 0 Å². The molecule has 4 aliphatic heterocycles. The quantitative estimate of drug-likeness (QED) is 0.754. The number of rotatable bonds is 2. The molecule has 2 atom stereocenters. The van der Waals surface area contributed by atoms with Gasteiger partial charge in [0.25, 0.3) is 0 Å². The third-order valence-electron chi connectivity index (χ3n) is 7.11. The molecular weight excluding hydrogens is 376 g/mol.